The molecule has 0 aromatic carbocycles. The van der Waals surface area contributed by atoms with Crippen molar-refractivity contribution in [2.45, 2.75) is 46.6 Å². The maximum Gasteiger partial charge on any atom is 0.220 e. The van der Waals surface area contributed by atoms with Crippen molar-refractivity contribution >= 4 is 18.3 Å². The summed E-state index contributed by atoms with van der Waals surface area (Å²) in [6.07, 6.45) is 0.572. The number of carbonyl (C=O) groups is 1. The monoisotopic (exact) mass is 236 g/mol. The van der Waals surface area contributed by atoms with Gasteiger partial charge in [-0.15, -0.1) is 12.4 Å². The molecule has 1 amide bonds. The van der Waals surface area contributed by atoms with Gasteiger partial charge in [-0.1, -0.05) is 27.7 Å². The van der Waals surface area contributed by atoms with E-state index in [1.807, 2.05) is 20.8 Å². The summed E-state index contributed by atoms with van der Waals surface area (Å²) in [4.78, 5) is 11.6. The van der Waals surface area contributed by atoms with Crippen LogP contribution in [0.25, 0.3) is 0 Å². The highest BCUT2D eigenvalue weighted by molar-refractivity contribution is 5.85. The van der Waals surface area contributed by atoms with E-state index in [9.17, 15) is 4.79 Å². The molecule has 92 valence electrons. The molecule has 1 atom stereocenters. The van der Waals surface area contributed by atoms with Gasteiger partial charge >= 0.3 is 0 Å². The normalized spacial score (nSPS) is 14.7. The molecule has 0 aromatic heterocycles. The minimum Gasteiger partial charge on any atom is -0.349 e. The second kappa shape index (κ2) is 7.07. The van der Waals surface area contributed by atoms with E-state index in [1.54, 1.807) is 0 Å². The second-order valence-corrected chi connectivity index (χ2v) is 4.92. The van der Waals surface area contributed by atoms with Gasteiger partial charge in [0.05, 0.1) is 5.54 Å². The lowest BCUT2D eigenvalue weighted by Gasteiger charge is -2.33. The van der Waals surface area contributed by atoms with Crippen molar-refractivity contribution in [2.24, 2.45) is 17.6 Å². The molecule has 0 fully saturated rings. The zero-order valence-corrected chi connectivity index (χ0v) is 11.3. The molecule has 3 N–H and O–H groups in total. The summed E-state index contributed by atoms with van der Waals surface area (Å²) >= 11 is 0. The van der Waals surface area contributed by atoms with Crippen LogP contribution in [0.2, 0.25) is 0 Å². The Kier molecular flexibility index (Phi) is 8.07. The van der Waals surface area contributed by atoms with Crippen LogP contribution in [0.15, 0.2) is 0 Å². The van der Waals surface area contributed by atoms with Crippen LogP contribution in [0.4, 0.5) is 0 Å². The molecule has 0 aliphatic heterocycles. The first-order valence-corrected chi connectivity index (χ1v) is 5.33. The van der Waals surface area contributed by atoms with Crippen molar-refractivity contribution in [2.75, 3.05) is 6.54 Å². The number of hydrogen-bond acceptors (Lipinski definition) is 2. The molecule has 1 unspecified atom stereocenters. The van der Waals surface area contributed by atoms with Crippen LogP contribution in [0.1, 0.15) is 41.0 Å². The summed E-state index contributed by atoms with van der Waals surface area (Å²) in [5.74, 6) is 0.842. The number of amides is 1. The molecule has 15 heavy (non-hydrogen) atoms. The highest BCUT2D eigenvalue weighted by atomic mass is 35.5. The van der Waals surface area contributed by atoms with E-state index in [2.05, 4.69) is 19.2 Å². The number of nitrogens with two attached hydrogens (primary N) is 1. The first-order valence-electron chi connectivity index (χ1n) is 5.33. The molecule has 0 aliphatic rings. The van der Waals surface area contributed by atoms with Crippen LogP contribution in [0.5, 0.6) is 0 Å². The molecule has 0 bridgehead atoms. The average molecular weight is 237 g/mol. The minimum atomic E-state index is -0.272. The van der Waals surface area contributed by atoms with Crippen LogP contribution in [-0.4, -0.2) is 18.0 Å². The summed E-state index contributed by atoms with van der Waals surface area (Å²) in [6, 6.07) is 0. The van der Waals surface area contributed by atoms with E-state index in [0.29, 0.717) is 24.8 Å². The average Bonchev–Trinajstić information content (AvgIpc) is 2.01. The molecular formula is C11H25ClN2O. The Morgan fingerprint density at radius 1 is 1.33 bits per heavy atom. The molecule has 4 heteroatoms. The fourth-order valence-corrected chi connectivity index (χ4v) is 1.17. The zero-order chi connectivity index (χ0) is 11.4. The highest BCUT2D eigenvalue weighted by Gasteiger charge is 2.28. The molecule has 0 rings (SSSR count). The summed E-state index contributed by atoms with van der Waals surface area (Å²) in [5.41, 5.74) is 5.40. The van der Waals surface area contributed by atoms with Crippen molar-refractivity contribution in [1.82, 2.24) is 5.32 Å². The van der Waals surface area contributed by atoms with Gasteiger partial charge in [0.2, 0.25) is 5.91 Å². The van der Waals surface area contributed by atoms with Gasteiger partial charge in [-0.05, 0) is 18.8 Å². The van der Waals surface area contributed by atoms with Crippen molar-refractivity contribution in [3.8, 4) is 0 Å². The van der Waals surface area contributed by atoms with Crippen LogP contribution in [0, 0.1) is 11.8 Å². The molecule has 0 aliphatic carbocycles. The second-order valence-electron chi connectivity index (χ2n) is 4.92. The van der Waals surface area contributed by atoms with E-state index in [1.165, 1.54) is 0 Å². The van der Waals surface area contributed by atoms with E-state index in [-0.39, 0.29) is 23.9 Å². The zero-order valence-electron chi connectivity index (χ0n) is 10.5. The van der Waals surface area contributed by atoms with E-state index in [4.69, 9.17) is 5.73 Å². The fourth-order valence-electron chi connectivity index (χ4n) is 1.17. The van der Waals surface area contributed by atoms with Crippen LogP contribution in [-0.2, 0) is 4.79 Å². The largest absolute Gasteiger partial charge is 0.349 e. The number of nitrogens with one attached hydrogen (secondary N) is 1. The molecule has 3 nitrogen and oxygen atoms in total. The number of hydrogen-bond donors (Lipinski definition) is 2. The lowest BCUT2D eigenvalue weighted by Crippen LogP contribution is -2.55. The fraction of sp³-hybridized carbons (Fsp3) is 0.909. The van der Waals surface area contributed by atoms with Gasteiger partial charge in [0, 0.05) is 13.0 Å². The smallest absolute Gasteiger partial charge is 0.220 e. The quantitative estimate of drug-likeness (QED) is 0.767. The number of halogens is 1. The standard InChI is InChI=1S/C11H24N2O.ClH/c1-8(2)6-10(14)13-11(5,7-12)9(3)4;/h8-9H,6-7,12H2,1-5H3,(H,13,14);1H. The van der Waals surface area contributed by atoms with Crippen molar-refractivity contribution in [3.05, 3.63) is 0 Å². The third-order valence-corrected chi connectivity index (χ3v) is 2.72. The maximum absolute atomic E-state index is 11.6. The van der Waals surface area contributed by atoms with E-state index < -0.39 is 0 Å². The van der Waals surface area contributed by atoms with Gasteiger partial charge in [0.1, 0.15) is 0 Å². The van der Waals surface area contributed by atoms with Crippen molar-refractivity contribution in [3.63, 3.8) is 0 Å². The van der Waals surface area contributed by atoms with Crippen molar-refractivity contribution < 1.29 is 4.79 Å². The topological polar surface area (TPSA) is 55.1 Å². The SMILES string of the molecule is CC(C)CC(=O)NC(C)(CN)C(C)C.Cl. The van der Waals surface area contributed by atoms with Crippen LogP contribution >= 0.6 is 12.4 Å². The number of carbonyl (C=O) groups excluding carboxylic acids is 1. The number of rotatable bonds is 5. The predicted octanol–water partition coefficient (Wildman–Crippen LogP) is 1.94. The molecule has 0 heterocycles. The Hall–Kier alpha value is -0.280. The van der Waals surface area contributed by atoms with Gasteiger partial charge in [-0.3, -0.25) is 4.79 Å². The van der Waals surface area contributed by atoms with Gasteiger partial charge in [0.25, 0.3) is 0 Å². The van der Waals surface area contributed by atoms with E-state index >= 15 is 0 Å². The Morgan fingerprint density at radius 2 is 1.80 bits per heavy atom. The Labute approximate surface area is 99.6 Å². The van der Waals surface area contributed by atoms with Gasteiger partial charge < -0.3 is 11.1 Å². The lowest BCUT2D eigenvalue weighted by molar-refractivity contribution is -0.124. The van der Waals surface area contributed by atoms with E-state index in [0.717, 1.165) is 0 Å². The molecule has 0 spiro atoms. The first-order chi connectivity index (χ1) is 6.31. The summed E-state index contributed by atoms with van der Waals surface area (Å²) in [5, 5.41) is 3.01. The third kappa shape index (κ3) is 6.00. The molecule has 0 aromatic rings. The Balaban J connectivity index is 0. The Bertz CT molecular complexity index is 195. The molecule has 0 radical (unpaired) electrons. The molecule has 0 saturated heterocycles. The highest BCUT2D eigenvalue weighted by Crippen LogP contribution is 2.15. The predicted molar refractivity (Wildman–Crippen MR) is 67.1 cm³/mol. The minimum absolute atomic E-state index is 0. The first kappa shape index (κ1) is 17.1. The van der Waals surface area contributed by atoms with Crippen molar-refractivity contribution in [1.29, 1.82) is 0 Å². The summed E-state index contributed by atoms with van der Waals surface area (Å²) in [6.45, 7) is 10.7. The maximum atomic E-state index is 11.6. The van der Waals surface area contributed by atoms with Crippen LogP contribution in [0.3, 0.4) is 0 Å². The van der Waals surface area contributed by atoms with Gasteiger partial charge in [0.15, 0.2) is 0 Å². The van der Waals surface area contributed by atoms with Gasteiger partial charge in [-0.25, -0.2) is 0 Å². The third-order valence-electron chi connectivity index (χ3n) is 2.72. The van der Waals surface area contributed by atoms with Gasteiger partial charge in [-0.2, -0.15) is 0 Å². The van der Waals surface area contributed by atoms with Crippen LogP contribution < -0.4 is 11.1 Å². The summed E-state index contributed by atoms with van der Waals surface area (Å²) < 4.78 is 0. The summed E-state index contributed by atoms with van der Waals surface area (Å²) in [7, 11) is 0. The molecule has 0 saturated carbocycles. The Morgan fingerprint density at radius 3 is 2.07 bits per heavy atom. The lowest BCUT2D eigenvalue weighted by atomic mass is 9.88. The molecular weight excluding hydrogens is 212 g/mol.